The Balaban J connectivity index is 2.01. The van der Waals surface area contributed by atoms with Gasteiger partial charge in [-0.3, -0.25) is 4.57 Å². The van der Waals surface area contributed by atoms with Crippen molar-refractivity contribution in [2.75, 3.05) is 19.5 Å². The topological polar surface area (TPSA) is 88.1 Å². The second-order valence-corrected chi connectivity index (χ2v) is 4.76. The number of aromatic nitrogens is 4. The monoisotopic (exact) mass is 263 g/mol. The number of hydrogen-bond donors (Lipinski definition) is 1. The van der Waals surface area contributed by atoms with E-state index >= 15 is 0 Å². The summed E-state index contributed by atoms with van der Waals surface area (Å²) >= 11 is 0. The fraction of sp³-hybridized carbons (Fsp3) is 0.583. The molecule has 7 nitrogen and oxygen atoms in total. The summed E-state index contributed by atoms with van der Waals surface area (Å²) in [6.45, 7) is 3.64. The number of nitrogens with two attached hydrogens (primary N) is 1. The molecule has 0 saturated carbocycles. The molecule has 0 spiro atoms. The fourth-order valence-corrected chi connectivity index (χ4v) is 2.51. The van der Waals surface area contributed by atoms with Gasteiger partial charge in [0.05, 0.1) is 13.2 Å². The van der Waals surface area contributed by atoms with Crippen LogP contribution < -0.4 is 10.5 Å². The van der Waals surface area contributed by atoms with Crippen LogP contribution in [0, 0.1) is 5.92 Å². The third-order valence-corrected chi connectivity index (χ3v) is 3.67. The van der Waals surface area contributed by atoms with E-state index in [0.717, 1.165) is 19.6 Å². The van der Waals surface area contributed by atoms with Gasteiger partial charge in [-0.15, -0.1) is 0 Å². The predicted molar refractivity (Wildman–Crippen MR) is 69.8 cm³/mol. The van der Waals surface area contributed by atoms with Crippen molar-refractivity contribution < 1.29 is 9.47 Å². The maximum atomic E-state index is 5.99. The van der Waals surface area contributed by atoms with Crippen molar-refractivity contribution in [1.29, 1.82) is 0 Å². The van der Waals surface area contributed by atoms with Gasteiger partial charge >= 0.3 is 0 Å². The fourth-order valence-electron chi connectivity index (χ4n) is 2.51. The Kier molecular flexibility index (Phi) is 2.98. The number of nitrogens with zero attached hydrogens (tertiary/aromatic N) is 4. The summed E-state index contributed by atoms with van der Waals surface area (Å²) in [4.78, 5) is 12.6. The summed E-state index contributed by atoms with van der Waals surface area (Å²) in [5.74, 6) is 1.32. The molecule has 0 radical (unpaired) electrons. The summed E-state index contributed by atoms with van der Waals surface area (Å²) in [7, 11) is 1.56. The second-order valence-electron chi connectivity index (χ2n) is 4.76. The van der Waals surface area contributed by atoms with Crippen molar-refractivity contribution in [3.05, 3.63) is 6.33 Å². The number of methoxy groups -OCH3 is 1. The van der Waals surface area contributed by atoms with Crippen LogP contribution in [0.4, 0.5) is 5.95 Å². The minimum Gasteiger partial charge on any atom is -0.479 e. The van der Waals surface area contributed by atoms with Gasteiger partial charge in [-0.25, -0.2) is 9.97 Å². The largest absolute Gasteiger partial charge is 0.479 e. The normalized spacial score (nSPS) is 23.1. The molecule has 0 aromatic carbocycles. The standard InChI is InChI=1S/C12H17N5O2/c1-7-8(3-4-19-7)5-17-10-9(16-12(17)13)11(18-2)15-6-14-10/h6-8H,3-5H2,1-2H3,(H2,13,16). The molecule has 2 N–H and O–H groups in total. The average molecular weight is 263 g/mol. The first-order valence-corrected chi connectivity index (χ1v) is 6.33. The molecular formula is C12H17N5O2. The van der Waals surface area contributed by atoms with E-state index in [9.17, 15) is 0 Å². The van der Waals surface area contributed by atoms with Crippen molar-refractivity contribution in [3.63, 3.8) is 0 Å². The highest BCUT2D eigenvalue weighted by atomic mass is 16.5. The van der Waals surface area contributed by atoms with Crippen LogP contribution in [0.1, 0.15) is 13.3 Å². The molecule has 1 saturated heterocycles. The first kappa shape index (κ1) is 12.2. The van der Waals surface area contributed by atoms with Gasteiger partial charge in [-0.05, 0) is 13.3 Å². The van der Waals surface area contributed by atoms with Crippen molar-refractivity contribution in [2.45, 2.75) is 26.0 Å². The Bertz CT molecular complexity index is 597. The number of fused-ring (bicyclic) bond motifs is 1. The molecule has 1 aliphatic heterocycles. The number of rotatable bonds is 3. The average Bonchev–Trinajstić information content (AvgIpc) is 2.95. The van der Waals surface area contributed by atoms with Crippen molar-refractivity contribution in [3.8, 4) is 5.88 Å². The summed E-state index contributed by atoms with van der Waals surface area (Å²) in [5, 5.41) is 0. The van der Waals surface area contributed by atoms with Crippen molar-refractivity contribution >= 4 is 17.1 Å². The molecular weight excluding hydrogens is 246 g/mol. The Labute approximate surface area is 110 Å². The molecule has 7 heteroatoms. The van der Waals surface area contributed by atoms with Crippen LogP contribution in [0.5, 0.6) is 5.88 Å². The van der Waals surface area contributed by atoms with Crippen LogP contribution in [-0.4, -0.2) is 39.3 Å². The van der Waals surface area contributed by atoms with Gasteiger partial charge < -0.3 is 15.2 Å². The third kappa shape index (κ3) is 1.99. The Hall–Kier alpha value is -1.89. The van der Waals surface area contributed by atoms with Gasteiger partial charge in [0.25, 0.3) is 0 Å². The zero-order valence-corrected chi connectivity index (χ0v) is 11.0. The van der Waals surface area contributed by atoms with Crippen LogP contribution in [0.2, 0.25) is 0 Å². The minimum absolute atomic E-state index is 0.237. The lowest BCUT2D eigenvalue weighted by Crippen LogP contribution is -2.19. The molecule has 2 unspecified atom stereocenters. The van der Waals surface area contributed by atoms with Gasteiger partial charge in [0.1, 0.15) is 6.33 Å². The summed E-state index contributed by atoms with van der Waals surface area (Å²) in [6.07, 6.45) is 2.73. The van der Waals surface area contributed by atoms with E-state index in [1.165, 1.54) is 6.33 Å². The minimum atomic E-state index is 0.237. The lowest BCUT2D eigenvalue weighted by molar-refractivity contribution is 0.102. The van der Waals surface area contributed by atoms with E-state index in [-0.39, 0.29) is 6.10 Å². The molecule has 3 heterocycles. The molecule has 2 aromatic heterocycles. The van der Waals surface area contributed by atoms with E-state index in [1.807, 2.05) is 4.57 Å². The molecule has 2 aromatic rings. The summed E-state index contributed by atoms with van der Waals surface area (Å²) < 4.78 is 12.7. The molecule has 0 bridgehead atoms. The van der Waals surface area contributed by atoms with E-state index in [4.69, 9.17) is 15.2 Å². The van der Waals surface area contributed by atoms with E-state index in [0.29, 0.717) is 28.9 Å². The van der Waals surface area contributed by atoms with Crippen molar-refractivity contribution in [1.82, 2.24) is 19.5 Å². The van der Waals surface area contributed by atoms with E-state index in [1.54, 1.807) is 7.11 Å². The van der Waals surface area contributed by atoms with Crippen molar-refractivity contribution in [2.24, 2.45) is 5.92 Å². The van der Waals surface area contributed by atoms with Crippen LogP contribution in [-0.2, 0) is 11.3 Å². The maximum absolute atomic E-state index is 5.99. The smallest absolute Gasteiger partial charge is 0.245 e. The number of imidazole rings is 1. The molecule has 1 aliphatic rings. The first-order valence-electron chi connectivity index (χ1n) is 6.33. The van der Waals surface area contributed by atoms with E-state index in [2.05, 4.69) is 21.9 Å². The van der Waals surface area contributed by atoms with Gasteiger partial charge in [-0.1, -0.05) is 0 Å². The molecule has 102 valence electrons. The van der Waals surface area contributed by atoms with E-state index < -0.39 is 0 Å². The Morgan fingerprint density at radius 1 is 1.53 bits per heavy atom. The van der Waals surface area contributed by atoms with Crippen LogP contribution in [0.3, 0.4) is 0 Å². The number of anilines is 1. The molecule has 19 heavy (non-hydrogen) atoms. The quantitative estimate of drug-likeness (QED) is 0.883. The lowest BCUT2D eigenvalue weighted by Gasteiger charge is -2.15. The van der Waals surface area contributed by atoms with Gasteiger partial charge in [0, 0.05) is 19.1 Å². The van der Waals surface area contributed by atoms with Gasteiger partial charge in [0.2, 0.25) is 11.8 Å². The van der Waals surface area contributed by atoms with Crippen LogP contribution in [0.15, 0.2) is 6.33 Å². The predicted octanol–water partition coefficient (Wildman–Crippen LogP) is 0.842. The molecule has 2 atom stereocenters. The van der Waals surface area contributed by atoms with Gasteiger partial charge in [0.15, 0.2) is 11.2 Å². The second kappa shape index (κ2) is 4.65. The first-order chi connectivity index (χ1) is 9.20. The molecule has 0 amide bonds. The third-order valence-electron chi connectivity index (χ3n) is 3.67. The van der Waals surface area contributed by atoms with Crippen LogP contribution in [0.25, 0.3) is 11.2 Å². The van der Waals surface area contributed by atoms with Gasteiger partial charge in [-0.2, -0.15) is 4.98 Å². The number of hydrogen-bond acceptors (Lipinski definition) is 6. The lowest BCUT2D eigenvalue weighted by atomic mass is 10.0. The highest BCUT2D eigenvalue weighted by Crippen LogP contribution is 2.27. The molecule has 3 rings (SSSR count). The highest BCUT2D eigenvalue weighted by molar-refractivity contribution is 5.78. The SMILES string of the molecule is COc1ncnc2c1nc(N)n2CC1CCOC1C. The summed E-state index contributed by atoms with van der Waals surface area (Å²) in [5.41, 5.74) is 7.31. The summed E-state index contributed by atoms with van der Waals surface area (Å²) in [6, 6.07) is 0. The zero-order valence-electron chi connectivity index (χ0n) is 11.0. The molecule has 0 aliphatic carbocycles. The number of nitrogen functional groups attached to an aromatic ring is 1. The number of ether oxygens (including phenoxy) is 2. The maximum Gasteiger partial charge on any atom is 0.245 e. The zero-order chi connectivity index (χ0) is 13.4. The highest BCUT2D eigenvalue weighted by Gasteiger charge is 2.26. The Morgan fingerprint density at radius 2 is 2.37 bits per heavy atom. The Morgan fingerprint density at radius 3 is 3.05 bits per heavy atom. The van der Waals surface area contributed by atoms with Crippen LogP contribution >= 0.6 is 0 Å². The molecule has 1 fully saturated rings.